The van der Waals surface area contributed by atoms with Gasteiger partial charge in [0.05, 0.1) is 24.8 Å². The van der Waals surface area contributed by atoms with E-state index < -0.39 is 41.7 Å². The number of hydrogen-bond donors (Lipinski definition) is 1. The number of amides is 3. The molecule has 2 fully saturated rings. The van der Waals surface area contributed by atoms with Crippen LogP contribution in [0.5, 0.6) is 0 Å². The second-order valence-corrected chi connectivity index (χ2v) is 8.36. The third-order valence-corrected chi connectivity index (χ3v) is 6.10. The second-order valence-electron chi connectivity index (χ2n) is 8.36. The Morgan fingerprint density at radius 2 is 1.76 bits per heavy atom. The molecule has 2 aromatic carbocycles. The number of fused-ring (bicyclic) bond motifs is 1. The fraction of sp³-hybridized carbons (Fsp3) is 0.375. The topological polar surface area (TPSA) is 79.0 Å². The molecule has 4 rings (SSSR count). The van der Waals surface area contributed by atoms with Crippen LogP contribution < -0.4 is 5.32 Å². The van der Waals surface area contributed by atoms with E-state index in [1.165, 1.54) is 9.80 Å². The Balaban J connectivity index is 1.38. The highest BCUT2D eigenvalue weighted by Crippen LogP contribution is 2.29. The summed E-state index contributed by atoms with van der Waals surface area (Å²) in [6.07, 6.45) is -5.06. The highest BCUT2D eigenvalue weighted by atomic mass is 19.4. The zero-order valence-electron chi connectivity index (χ0n) is 18.4. The van der Waals surface area contributed by atoms with Crippen molar-refractivity contribution in [3.63, 3.8) is 0 Å². The molecule has 2 heterocycles. The zero-order chi connectivity index (χ0) is 24.5. The smallest absolute Gasteiger partial charge is 0.371 e. The van der Waals surface area contributed by atoms with Crippen molar-refractivity contribution in [3.8, 4) is 0 Å². The number of benzene rings is 2. The first-order valence-electron chi connectivity index (χ1n) is 10.9. The van der Waals surface area contributed by atoms with Crippen LogP contribution in [0.1, 0.15) is 28.4 Å². The number of alkyl halides is 3. The van der Waals surface area contributed by atoms with Crippen LogP contribution in [-0.4, -0.2) is 65.3 Å². The molecular weight excluding hydrogens is 451 g/mol. The van der Waals surface area contributed by atoms with Crippen LogP contribution in [0.3, 0.4) is 0 Å². The van der Waals surface area contributed by atoms with Crippen molar-refractivity contribution in [1.29, 1.82) is 0 Å². The fourth-order valence-electron chi connectivity index (χ4n) is 4.15. The van der Waals surface area contributed by atoms with Crippen LogP contribution >= 0.6 is 0 Å². The van der Waals surface area contributed by atoms with E-state index in [0.717, 1.165) is 29.8 Å². The van der Waals surface area contributed by atoms with Gasteiger partial charge in [-0.1, -0.05) is 30.3 Å². The molecule has 3 amide bonds. The van der Waals surface area contributed by atoms with Gasteiger partial charge in [0, 0.05) is 18.7 Å². The van der Waals surface area contributed by atoms with Crippen molar-refractivity contribution in [3.05, 3.63) is 71.3 Å². The number of hydrogen-bond acceptors (Lipinski definition) is 4. The number of rotatable bonds is 5. The van der Waals surface area contributed by atoms with E-state index in [-0.39, 0.29) is 31.1 Å². The molecule has 0 saturated carbocycles. The monoisotopic (exact) mass is 475 g/mol. The Hall–Kier alpha value is -3.40. The normalized spacial score (nSPS) is 21.6. The summed E-state index contributed by atoms with van der Waals surface area (Å²) < 4.78 is 44.1. The molecule has 2 aliphatic rings. The lowest BCUT2D eigenvalue weighted by Gasteiger charge is -2.46. The molecule has 2 aliphatic heterocycles. The molecule has 3 atom stereocenters. The third-order valence-electron chi connectivity index (χ3n) is 6.10. The van der Waals surface area contributed by atoms with Crippen LogP contribution in [0.4, 0.5) is 13.2 Å². The predicted molar refractivity (Wildman–Crippen MR) is 115 cm³/mol. The van der Waals surface area contributed by atoms with Crippen LogP contribution in [0.2, 0.25) is 0 Å². The maximum absolute atomic E-state index is 13.1. The summed E-state index contributed by atoms with van der Waals surface area (Å²) in [7, 11) is 0. The van der Waals surface area contributed by atoms with Gasteiger partial charge < -0.3 is 19.9 Å². The van der Waals surface area contributed by atoms with Crippen molar-refractivity contribution >= 4 is 17.7 Å². The number of ether oxygens (including phenoxy) is 1. The maximum atomic E-state index is 13.1. The molecular formula is C24H24F3N3O4. The number of carbonyl (C=O) groups excluding carboxylic acids is 3. The van der Waals surface area contributed by atoms with Gasteiger partial charge in [0.15, 0.2) is 0 Å². The summed E-state index contributed by atoms with van der Waals surface area (Å²) in [5, 5.41) is 2.71. The number of piperazine rings is 2. The molecule has 10 heteroatoms. The highest BCUT2D eigenvalue weighted by Gasteiger charge is 2.46. The lowest BCUT2D eigenvalue weighted by atomic mass is 10.0. The van der Waals surface area contributed by atoms with Crippen molar-refractivity contribution in [2.45, 2.75) is 37.9 Å². The third kappa shape index (κ3) is 4.91. The number of halogens is 3. The lowest BCUT2D eigenvalue weighted by molar-refractivity contribution is -0.156. The van der Waals surface area contributed by atoms with Crippen molar-refractivity contribution < 1.29 is 32.3 Å². The van der Waals surface area contributed by atoms with Crippen LogP contribution in [0, 0.1) is 0 Å². The molecule has 0 unspecified atom stereocenters. The first-order chi connectivity index (χ1) is 16.1. The number of nitrogens with zero attached hydrogens (tertiary/aromatic N) is 2. The van der Waals surface area contributed by atoms with E-state index in [9.17, 15) is 27.6 Å². The second kappa shape index (κ2) is 9.46. The molecule has 180 valence electrons. The fourth-order valence-corrected chi connectivity index (χ4v) is 4.15. The Morgan fingerprint density at radius 1 is 1.09 bits per heavy atom. The SMILES string of the molecule is C[C@@H](OCc1ccccc1)[C@@H]1NC(=O)[C@H]2CN(C(=O)c3ccc(C(F)(F)F)cc3)CCN2C1=O. The van der Waals surface area contributed by atoms with Crippen LogP contribution in [0.25, 0.3) is 0 Å². The minimum atomic E-state index is -4.49. The zero-order valence-corrected chi connectivity index (χ0v) is 18.4. The van der Waals surface area contributed by atoms with Crippen LogP contribution in [-0.2, 0) is 27.1 Å². The highest BCUT2D eigenvalue weighted by molar-refractivity contribution is 5.99. The van der Waals surface area contributed by atoms with E-state index in [2.05, 4.69) is 5.32 Å². The summed E-state index contributed by atoms with van der Waals surface area (Å²) in [6, 6.07) is 11.7. The first kappa shape index (κ1) is 23.7. The molecule has 0 bridgehead atoms. The molecule has 2 aromatic rings. The van der Waals surface area contributed by atoms with Gasteiger partial charge in [-0.15, -0.1) is 0 Å². The van der Waals surface area contributed by atoms with Crippen molar-refractivity contribution in [2.24, 2.45) is 0 Å². The Labute approximate surface area is 194 Å². The van der Waals surface area contributed by atoms with Crippen molar-refractivity contribution in [1.82, 2.24) is 15.1 Å². The summed E-state index contributed by atoms with van der Waals surface area (Å²) in [4.78, 5) is 41.5. The summed E-state index contributed by atoms with van der Waals surface area (Å²) in [6.45, 7) is 2.28. The lowest BCUT2D eigenvalue weighted by Crippen LogP contribution is -2.71. The van der Waals surface area contributed by atoms with Gasteiger partial charge in [-0.3, -0.25) is 14.4 Å². The van der Waals surface area contributed by atoms with Gasteiger partial charge >= 0.3 is 6.18 Å². The minimum Gasteiger partial charge on any atom is -0.371 e. The number of carbonyl (C=O) groups is 3. The van der Waals surface area contributed by atoms with Gasteiger partial charge in [0.1, 0.15) is 12.1 Å². The summed E-state index contributed by atoms with van der Waals surface area (Å²) >= 11 is 0. The Morgan fingerprint density at radius 3 is 2.41 bits per heavy atom. The molecule has 0 radical (unpaired) electrons. The van der Waals surface area contributed by atoms with Crippen LogP contribution in [0.15, 0.2) is 54.6 Å². The Kier molecular flexibility index (Phi) is 6.60. The quantitative estimate of drug-likeness (QED) is 0.721. The molecule has 0 spiro atoms. The standard InChI is InChI=1S/C24H24F3N3O4/c1-15(34-14-16-5-3-2-4-6-16)20-23(33)30-12-11-29(13-19(30)21(31)28-20)22(32)17-7-9-18(10-8-17)24(25,26)27/h2-10,15,19-20H,11-14H2,1H3,(H,28,31)/t15-,19-,20+/m1/s1. The molecule has 0 aliphatic carbocycles. The largest absolute Gasteiger partial charge is 0.416 e. The van der Waals surface area contributed by atoms with E-state index in [1.807, 2.05) is 30.3 Å². The molecule has 1 N–H and O–H groups in total. The predicted octanol–water partition coefficient (Wildman–Crippen LogP) is 2.46. The van der Waals surface area contributed by atoms with E-state index in [4.69, 9.17) is 4.74 Å². The maximum Gasteiger partial charge on any atom is 0.416 e. The van der Waals surface area contributed by atoms with Gasteiger partial charge in [-0.05, 0) is 36.8 Å². The van der Waals surface area contributed by atoms with Gasteiger partial charge in [0.25, 0.3) is 5.91 Å². The number of nitrogens with one attached hydrogen (secondary N) is 1. The average molecular weight is 475 g/mol. The van der Waals surface area contributed by atoms with Gasteiger partial charge in [-0.2, -0.15) is 13.2 Å². The van der Waals surface area contributed by atoms with Gasteiger partial charge in [0.2, 0.25) is 11.8 Å². The van der Waals surface area contributed by atoms with E-state index in [0.29, 0.717) is 6.61 Å². The average Bonchev–Trinajstić information content (AvgIpc) is 2.84. The summed E-state index contributed by atoms with van der Waals surface area (Å²) in [5.74, 6) is -1.17. The summed E-state index contributed by atoms with van der Waals surface area (Å²) in [5.41, 5.74) is 0.183. The molecule has 0 aromatic heterocycles. The molecule has 34 heavy (non-hydrogen) atoms. The van der Waals surface area contributed by atoms with E-state index in [1.54, 1.807) is 6.92 Å². The Bertz CT molecular complexity index is 1060. The van der Waals surface area contributed by atoms with Crippen molar-refractivity contribution in [2.75, 3.05) is 19.6 Å². The van der Waals surface area contributed by atoms with Gasteiger partial charge in [-0.25, -0.2) is 0 Å². The van der Waals surface area contributed by atoms with E-state index >= 15 is 0 Å². The first-order valence-corrected chi connectivity index (χ1v) is 10.9. The minimum absolute atomic E-state index is 0.0383. The molecule has 7 nitrogen and oxygen atoms in total. The molecule has 2 saturated heterocycles.